The van der Waals surface area contributed by atoms with Crippen LogP contribution in [-0.4, -0.2) is 63.6 Å². The van der Waals surface area contributed by atoms with E-state index in [4.69, 9.17) is 16.3 Å². The zero-order valence-electron chi connectivity index (χ0n) is 21.0. The topological polar surface area (TPSA) is 79.9 Å². The molecule has 1 aliphatic rings. The fourth-order valence-electron chi connectivity index (χ4n) is 4.26. The summed E-state index contributed by atoms with van der Waals surface area (Å²) < 4.78 is 9.04. The van der Waals surface area contributed by atoms with Gasteiger partial charge in [0.1, 0.15) is 23.3 Å². The number of hydrogen-bond acceptors (Lipinski definition) is 6. The molecule has 0 amide bonds. The molecule has 2 aromatic rings. The molecule has 1 aliphatic heterocycles. The Morgan fingerprint density at radius 3 is 2.06 bits per heavy atom. The van der Waals surface area contributed by atoms with Crippen LogP contribution in [0.1, 0.15) is 53.6 Å². The Hall–Kier alpha value is -2.29. The van der Waals surface area contributed by atoms with Gasteiger partial charge in [-0.3, -0.25) is 18.8 Å². The molecule has 1 aromatic heterocycles. The van der Waals surface area contributed by atoms with Crippen LogP contribution in [0, 0.1) is 0 Å². The van der Waals surface area contributed by atoms with Crippen LogP contribution in [0.3, 0.4) is 0 Å². The van der Waals surface area contributed by atoms with Gasteiger partial charge in [-0.2, -0.15) is 0 Å². The minimum absolute atomic E-state index is 0.0706. The van der Waals surface area contributed by atoms with Gasteiger partial charge in [-0.05, 0) is 65.8 Å². The maximum absolute atomic E-state index is 13.1. The normalized spacial score (nSPS) is 16.4. The first-order valence-electron chi connectivity index (χ1n) is 11.9. The van der Waals surface area contributed by atoms with E-state index < -0.39 is 11.7 Å². The molecule has 3 rings (SSSR count). The fourth-order valence-corrected chi connectivity index (χ4v) is 4.39. The standard InChI is InChI=1S/C25H37ClN4O4/c1-17(2)29-22(15-23(32)30(18(3)4)24(29)33)28-13-11-27(12-14-28)16-21(31)25(5,6)34-20-9-7-19(26)8-10-20/h7-10,15,17-18,21,31H,11-14,16H2,1-6H3. The third kappa shape index (κ3) is 5.85. The monoisotopic (exact) mass is 492 g/mol. The number of nitrogens with zero attached hydrogens (tertiary/aromatic N) is 4. The van der Waals surface area contributed by atoms with E-state index >= 15 is 0 Å². The van der Waals surface area contributed by atoms with Crippen LogP contribution >= 0.6 is 11.6 Å². The van der Waals surface area contributed by atoms with Crippen molar-refractivity contribution in [2.45, 2.75) is 65.3 Å². The number of anilines is 1. The Morgan fingerprint density at radius 1 is 0.971 bits per heavy atom. The summed E-state index contributed by atoms with van der Waals surface area (Å²) in [5.41, 5.74) is -1.33. The summed E-state index contributed by atoms with van der Waals surface area (Å²) in [6.45, 7) is 14.5. The van der Waals surface area contributed by atoms with Gasteiger partial charge in [-0.1, -0.05) is 11.6 Å². The highest BCUT2D eigenvalue weighted by Gasteiger charge is 2.33. The molecule has 0 aliphatic carbocycles. The molecule has 0 bridgehead atoms. The van der Waals surface area contributed by atoms with E-state index in [1.165, 1.54) is 4.57 Å². The lowest BCUT2D eigenvalue weighted by atomic mass is 10.0. The number of aliphatic hydroxyl groups excluding tert-OH is 1. The zero-order chi connectivity index (χ0) is 25.2. The third-order valence-electron chi connectivity index (χ3n) is 6.31. The maximum Gasteiger partial charge on any atom is 0.333 e. The van der Waals surface area contributed by atoms with Crippen molar-refractivity contribution < 1.29 is 9.84 Å². The summed E-state index contributed by atoms with van der Waals surface area (Å²) in [5.74, 6) is 1.31. The third-order valence-corrected chi connectivity index (χ3v) is 6.56. The van der Waals surface area contributed by atoms with Crippen molar-refractivity contribution in [2.24, 2.45) is 0 Å². The number of halogens is 1. The van der Waals surface area contributed by atoms with Crippen LogP contribution in [0.4, 0.5) is 5.82 Å². The molecule has 1 N–H and O–H groups in total. The van der Waals surface area contributed by atoms with Crippen LogP contribution < -0.4 is 20.9 Å². The second kappa shape index (κ2) is 10.5. The Bertz CT molecular complexity index is 1080. The lowest BCUT2D eigenvalue weighted by molar-refractivity contribution is -0.0449. The second-order valence-corrected chi connectivity index (χ2v) is 10.5. The Morgan fingerprint density at radius 2 is 1.53 bits per heavy atom. The highest BCUT2D eigenvalue weighted by molar-refractivity contribution is 6.30. The second-order valence-electron chi connectivity index (χ2n) is 10.0. The van der Waals surface area contributed by atoms with E-state index in [0.29, 0.717) is 49.3 Å². The lowest BCUT2D eigenvalue weighted by Gasteiger charge is -2.40. The Labute approximate surface area is 206 Å². The van der Waals surface area contributed by atoms with Crippen LogP contribution in [0.5, 0.6) is 5.75 Å². The zero-order valence-corrected chi connectivity index (χ0v) is 21.7. The minimum atomic E-state index is -0.787. The summed E-state index contributed by atoms with van der Waals surface area (Å²) in [6.07, 6.45) is -0.710. The lowest BCUT2D eigenvalue weighted by Crippen LogP contribution is -2.54. The summed E-state index contributed by atoms with van der Waals surface area (Å²) in [7, 11) is 0. The van der Waals surface area contributed by atoms with Gasteiger partial charge in [-0.15, -0.1) is 0 Å². The number of benzene rings is 1. The highest BCUT2D eigenvalue weighted by Crippen LogP contribution is 2.24. The molecule has 0 saturated carbocycles. The summed E-state index contributed by atoms with van der Waals surface area (Å²) in [5, 5.41) is 11.5. The van der Waals surface area contributed by atoms with Gasteiger partial charge in [0.25, 0.3) is 5.56 Å². The smallest absolute Gasteiger partial charge is 0.333 e. The fraction of sp³-hybridized carbons (Fsp3) is 0.600. The molecule has 8 nitrogen and oxygen atoms in total. The van der Waals surface area contributed by atoms with Gasteiger partial charge in [0.05, 0.1) is 0 Å². The first-order chi connectivity index (χ1) is 15.9. The predicted octanol–water partition coefficient (Wildman–Crippen LogP) is 3.17. The molecule has 188 valence electrons. The molecule has 0 radical (unpaired) electrons. The first-order valence-corrected chi connectivity index (χ1v) is 12.3. The van der Waals surface area contributed by atoms with Crippen LogP contribution in [-0.2, 0) is 0 Å². The number of aliphatic hydroxyl groups is 1. The first kappa shape index (κ1) is 26.3. The SMILES string of the molecule is CC(C)n1c(N2CCN(CC(O)C(C)(C)Oc3ccc(Cl)cc3)CC2)cc(=O)n(C(C)C)c1=O. The summed E-state index contributed by atoms with van der Waals surface area (Å²) in [4.78, 5) is 30.0. The van der Waals surface area contributed by atoms with Gasteiger partial charge in [0.2, 0.25) is 0 Å². The van der Waals surface area contributed by atoms with Crippen LogP contribution in [0.25, 0.3) is 0 Å². The molecule has 1 unspecified atom stereocenters. The number of hydrogen-bond donors (Lipinski definition) is 1. The van der Waals surface area contributed by atoms with Crippen molar-refractivity contribution in [3.63, 3.8) is 0 Å². The molecule has 0 spiro atoms. The van der Waals surface area contributed by atoms with Gasteiger partial charge in [0, 0.05) is 55.9 Å². The molecule has 9 heteroatoms. The highest BCUT2D eigenvalue weighted by atomic mass is 35.5. The van der Waals surface area contributed by atoms with Crippen molar-refractivity contribution in [1.29, 1.82) is 0 Å². The van der Waals surface area contributed by atoms with Crippen molar-refractivity contribution in [2.75, 3.05) is 37.6 Å². The van der Waals surface area contributed by atoms with Crippen molar-refractivity contribution >= 4 is 17.4 Å². The van der Waals surface area contributed by atoms with Crippen molar-refractivity contribution in [3.05, 3.63) is 56.2 Å². The number of piperazine rings is 1. The van der Waals surface area contributed by atoms with Gasteiger partial charge < -0.3 is 14.7 Å². The quantitative estimate of drug-likeness (QED) is 0.609. The molecular weight excluding hydrogens is 456 g/mol. The number of aromatic nitrogens is 2. The number of rotatable bonds is 8. The van der Waals surface area contributed by atoms with E-state index in [-0.39, 0.29) is 23.3 Å². The molecule has 1 fully saturated rings. The van der Waals surface area contributed by atoms with E-state index in [1.807, 2.05) is 41.5 Å². The molecule has 1 atom stereocenters. The molecule has 1 aromatic carbocycles. The largest absolute Gasteiger partial charge is 0.485 e. The van der Waals surface area contributed by atoms with Gasteiger partial charge in [-0.25, -0.2) is 4.79 Å². The van der Waals surface area contributed by atoms with E-state index in [9.17, 15) is 14.7 Å². The average molecular weight is 493 g/mol. The van der Waals surface area contributed by atoms with E-state index in [2.05, 4.69) is 9.80 Å². The van der Waals surface area contributed by atoms with Crippen LogP contribution in [0.15, 0.2) is 39.9 Å². The van der Waals surface area contributed by atoms with E-state index in [0.717, 1.165) is 0 Å². The Kier molecular flexibility index (Phi) is 8.16. The molecular formula is C25H37ClN4O4. The van der Waals surface area contributed by atoms with Crippen LogP contribution in [0.2, 0.25) is 5.02 Å². The summed E-state index contributed by atoms with van der Waals surface area (Å²) in [6, 6.07) is 8.40. The van der Waals surface area contributed by atoms with E-state index in [1.54, 1.807) is 34.9 Å². The molecule has 34 heavy (non-hydrogen) atoms. The maximum atomic E-state index is 13.1. The predicted molar refractivity (Wildman–Crippen MR) is 137 cm³/mol. The minimum Gasteiger partial charge on any atom is -0.485 e. The van der Waals surface area contributed by atoms with Crippen molar-refractivity contribution in [1.82, 2.24) is 14.0 Å². The molecule has 1 saturated heterocycles. The molecule has 2 heterocycles. The number of β-amino-alcohol motifs (C(OH)–C–C–N with tert-alkyl or cyclic N) is 1. The van der Waals surface area contributed by atoms with Gasteiger partial charge >= 0.3 is 5.69 Å². The number of ether oxygens (including phenoxy) is 1. The van der Waals surface area contributed by atoms with Crippen molar-refractivity contribution in [3.8, 4) is 5.75 Å². The Balaban J connectivity index is 1.68. The average Bonchev–Trinajstić information content (AvgIpc) is 2.74. The van der Waals surface area contributed by atoms with Gasteiger partial charge in [0.15, 0.2) is 0 Å². The summed E-state index contributed by atoms with van der Waals surface area (Å²) >= 11 is 5.94.